The molecule has 0 aromatic heterocycles. The van der Waals surface area contributed by atoms with Crippen LogP contribution in [0.5, 0.6) is 0 Å². The number of benzene rings is 2. The second-order valence-corrected chi connectivity index (χ2v) is 6.34. The van der Waals surface area contributed by atoms with Gasteiger partial charge in [0.1, 0.15) is 0 Å². The van der Waals surface area contributed by atoms with Crippen LogP contribution in [-0.4, -0.2) is 6.04 Å². The maximum Gasteiger partial charge on any atom is 0.0412 e. The van der Waals surface area contributed by atoms with Gasteiger partial charge in [-0.25, -0.2) is 0 Å². The van der Waals surface area contributed by atoms with Crippen LogP contribution in [0.25, 0.3) is 11.1 Å². The van der Waals surface area contributed by atoms with Gasteiger partial charge in [-0.05, 0) is 53.6 Å². The minimum absolute atomic E-state index is 0.723. The molecule has 0 spiro atoms. The summed E-state index contributed by atoms with van der Waals surface area (Å²) in [7, 11) is 0. The highest BCUT2D eigenvalue weighted by Crippen LogP contribution is 2.28. The van der Waals surface area contributed by atoms with E-state index in [1.165, 1.54) is 41.5 Å². The average molecular weight is 300 g/mol. The lowest BCUT2D eigenvalue weighted by Crippen LogP contribution is -2.15. The molecule has 0 aliphatic heterocycles. The van der Waals surface area contributed by atoms with E-state index in [2.05, 4.69) is 48.6 Å². The first-order chi connectivity index (χ1) is 10.3. The standard InChI is InChI=1S/C19H22ClN/c1-2-3-14-4-6-15(7-5-14)19-12-17(20)9-8-16(19)13-21-18-10-11-18/h4-9,12,18,21H,2-3,10-11,13H2,1H3. The molecular formula is C19H22ClN. The van der Waals surface area contributed by atoms with Gasteiger partial charge in [0.05, 0.1) is 0 Å². The van der Waals surface area contributed by atoms with Crippen molar-refractivity contribution in [2.45, 2.75) is 45.2 Å². The van der Waals surface area contributed by atoms with E-state index in [1.54, 1.807) is 0 Å². The highest BCUT2D eigenvalue weighted by atomic mass is 35.5. The van der Waals surface area contributed by atoms with E-state index in [-0.39, 0.29) is 0 Å². The van der Waals surface area contributed by atoms with Gasteiger partial charge in [0, 0.05) is 17.6 Å². The van der Waals surface area contributed by atoms with E-state index in [9.17, 15) is 0 Å². The van der Waals surface area contributed by atoms with Crippen LogP contribution in [0.3, 0.4) is 0 Å². The lowest BCUT2D eigenvalue weighted by Gasteiger charge is -2.12. The summed E-state index contributed by atoms with van der Waals surface area (Å²) in [6.07, 6.45) is 4.96. The molecule has 2 aromatic carbocycles. The molecule has 1 saturated carbocycles. The fourth-order valence-electron chi connectivity index (χ4n) is 2.65. The van der Waals surface area contributed by atoms with Crippen LogP contribution in [0.15, 0.2) is 42.5 Å². The fraction of sp³-hybridized carbons (Fsp3) is 0.368. The number of halogens is 1. The van der Waals surface area contributed by atoms with Crippen LogP contribution in [-0.2, 0) is 13.0 Å². The smallest absolute Gasteiger partial charge is 0.0412 e. The Morgan fingerprint density at radius 3 is 2.52 bits per heavy atom. The first-order valence-electron chi connectivity index (χ1n) is 7.87. The van der Waals surface area contributed by atoms with Gasteiger partial charge in [-0.1, -0.05) is 55.3 Å². The van der Waals surface area contributed by atoms with Crippen molar-refractivity contribution < 1.29 is 0 Å². The monoisotopic (exact) mass is 299 g/mol. The van der Waals surface area contributed by atoms with Gasteiger partial charge in [-0.2, -0.15) is 0 Å². The van der Waals surface area contributed by atoms with Crippen LogP contribution in [0, 0.1) is 0 Å². The van der Waals surface area contributed by atoms with Gasteiger partial charge in [0.15, 0.2) is 0 Å². The first-order valence-corrected chi connectivity index (χ1v) is 8.25. The zero-order chi connectivity index (χ0) is 14.7. The predicted molar refractivity (Wildman–Crippen MR) is 90.7 cm³/mol. The summed E-state index contributed by atoms with van der Waals surface area (Å²) in [5.41, 5.74) is 5.24. The van der Waals surface area contributed by atoms with E-state index >= 15 is 0 Å². The van der Waals surface area contributed by atoms with Crippen LogP contribution < -0.4 is 5.32 Å². The molecule has 0 saturated heterocycles. The highest BCUT2D eigenvalue weighted by Gasteiger charge is 2.20. The summed E-state index contributed by atoms with van der Waals surface area (Å²) in [4.78, 5) is 0. The zero-order valence-corrected chi connectivity index (χ0v) is 13.3. The third kappa shape index (κ3) is 3.87. The van der Waals surface area contributed by atoms with Crippen molar-refractivity contribution in [1.82, 2.24) is 5.32 Å². The topological polar surface area (TPSA) is 12.0 Å². The lowest BCUT2D eigenvalue weighted by molar-refractivity contribution is 0.689. The van der Waals surface area contributed by atoms with E-state index in [1.807, 2.05) is 6.07 Å². The number of nitrogens with one attached hydrogen (secondary N) is 1. The number of aryl methyl sites for hydroxylation is 1. The van der Waals surface area contributed by atoms with Gasteiger partial charge >= 0.3 is 0 Å². The van der Waals surface area contributed by atoms with Crippen LogP contribution in [0.1, 0.15) is 37.3 Å². The van der Waals surface area contributed by atoms with E-state index in [0.717, 1.165) is 24.0 Å². The summed E-state index contributed by atoms with van der Waals surface area (Å²) in [6.45, 7) is 3.14. The summed E-state index contributed by atoms with van der Waals surface area (Å²) >= 11 is 6.20. The van der Waals surface area contributed by atoms with Crippen LogP contribution >= 0.6 is 11.6 Å². The molecule has 21 heavy (non-hydrogen) atoms. The maximum absolute atomic E-state index is 6.20. The maximum atomic E-state index is 6.20. The number of hydrogen-bond acceptors (Lipinski definition) is 1. The third-order valence-electron chi connectivity index (χ3n) is 4.03. The predicted octanol–water partition coefficient (Wildman–Crippen LogP) is 5.21. The molecule has 3 rings (SSSR count). The SMILES string of the molecule is CCCc1ccc(-c2cc(Cl)ccc2CNC2CC2)cc1. The Bertz CT molecular complexity index is 599. The lowest BCUT2D eigenvalue weighted by atomic mass is 9.98. The summed E-state index contributed by atoms with van der Waals surface area (Å²) in [5, 5.41) is 4.39. The minimum Gasteiger partial charge on any atom is -0.310 e. The average Bonchev–Trinajstić information content (AvgIpc) is 3.31. The molecule has 0 radical (unpaired) electrons. The second-order valence-electron chi connectivity index (χ2n) is 5.90. The Labute approximate surface area is 132 Å². The molecule has 0 heterocycles. The van der Waals surface area contributed by atoms with Gasteiger partial charge in [0.2, 0.25) is 0 Å². The Kier molecular flexibility index (Phi) is 4.62. The normalized spacial score (nSPS) is 14.4. The van der Waals surface area contributed by atoms with Crippen molar-refractivity contribution in [1.29, 1.82) is 0 Å². The summed E-state index contributed by atoms with van der Waals surface area (Å²) in [5.74, 6) is 0. The number of rotatable bonds is 6. The third-order valence-corrected chi connectivity index (χ3v) is 4.27. The minimum atomic E-state index is 0.723. The molecule has 0 unspecified atom stereocenters. The summed E-state index contributed by atoms with van der Waals surface area (Å²) in [6, 6.07) is 15.8. The molecular weight excluding hydrogens is 278 g/mol. The first kappa shape index (κ1) is 14.6. The van der Waals surface area contributed by atoms with Gasteiger partial charge < -0.3 is 5.32 Å². The van der Waals surface area contributed by atoms with E-state index < -0.39 is 0 Å². The van der Waals surface area contributed by atoms with E-state index in [4.69, 9.17) is 11.6 Å². The van der Waals surface area contributed by atoms with Crippen LogP contribution in [0.2, 0.25) is 5.02 Å². The molecule has 0 amide bonds. The molecule has 1 N–H and O–H groups in total. The largest absolute Gasteiger partial charge is 0.310 e. The molecule has 1 fully saturated rings. The molecule has 0 atom stereocenters. The van der Waals surface area contributed by atoms with Crippen LogP contribution in [0.4, 0.5) is 0 Å². The Balaban J connectivity index is 1.85. The Morgan fingerprint density at radius 1 is 1.10 bits per heavy atom. The molecule has 1 aliphatic rings. The molecule has 1 nitrogen and oxygen atoms in total. The van der Waals surface area contributed by atoms with Gasteiger partial charge in [-0.3, -0.25) is 0 Å². The van der Waals surface area contributed by atoms with Gasteiger partial charge in [0.25, 0.3) is 0 Å². The molecule has 1 aliphatic carbocycles. The number of hydrogen-bond donors (Lipinski definition) is 1. The van der Waals surface area contributed by atoms with Crippen molar-refractivity contribution in [3.05, 3.63) is 58.6 Å². The Hall–Kier alpha value is -1.31. The zero-order valence-electron chi connectivity index (χ0n) is 12.5. The van der Waals surface area contributed by atoms with Crippen molar-refractivity contribution >= 4 is 11.6 Å². The van der Waals surface area contributed by atoms with Crippen molar-refractivity contribution in [2.24, 2.45) is 0 Å². The van der Waals surface area contributed by atoms with Crippen molar-refractivity contribution in [3.63, 3.8) is 0 Å². The van der Waals surface area contributed by atoms with E-state index in [0.29, 0.717) is 0 Å². The Morgan fingerprint density at radius 2 is 1.86 bits per heavy atom. The van der Waals surface area contributed by atoms with Crippen molar-refractivity contribution in [2.75, 3.05) is 0 Å². The van der Waals surface area contributed by atoms with Gasteiger partial charge in [-0.15, -0.1) is 0 Å². The fourth-order valence-corrected chi connectivity index (χ4v) is 2.83. The molecule has 110 valence electrons. The second kappa shape index (κ2) is 6.64. The quantitative estimate of drug-likeness (QED) is 0.772. The van der Waals surface area contributed by atoms with Crippen molar-refractivity contribution in [3.8, 4) is 11.1 Å². The molecule has 0 bridgehead atoms. The highest BCUT2D eigenvalue weighted by molar-refractivity contribution is 6.30. The summed E-state index contributed by atoms with van der Waals surface area (Å²) < 4.78 is 0. The molecule has 2 heteroatoms. The molecule has 2 aromatic rings.